The van der Waals surface area contributed by atoms with Crippen LogP contribution in [-0.4, -0.2) is 63.5 Å². The number of hydrogen-bond acceptors (Lipinski definition) is 4. The van der Waals surface area contributed by atoms with Crippen molar-refractivity contribution in [1.29, 1.82) is 0 Å². The summed E-state index contributed by atoms with van der Waals surface area (Å²) in [6, 6.07) is 15.7. The molecule has 0 fully saturated rings. The van der Waals surface area contributed by atoms with Crippen molar-refractivity contribution in [1.82, 2.24) is 5.32 Å². The fourth-order valence-corrected chi connectivity index (χ4v) is 3.99. The molecule has 1 atom stereocenters. The lowest BCUT2D eigenvalue weighted by Crippen LogP contribution is -2.44. The molecule has 2 aromatic carbocycles. The second-order valence-electron chi connectivity index (χ2n) is 9.83. The van der Waals surface area contributed by atoms with Gasteiger partial charge in [-0.25, -0.2) is 9.59 Å². The number of rotatable bonds is 9. The lowest BCUT2D eigenvalue weighted by Gasteiger charge is -2.24. The lowest BCUT2D eigenvalue weighted by atomic mass is 9.98. The number of ether oxygens (including phenoxy) is 2. The molecule has 0 saturated heterocycles. The van der Waals surface area contributed by atoms with Crippen molar-refractivity contribution in [2.45, 2.75) is 32.2 Å². The Morgan fingerprint density at radius 3 is 2.03 bits per heavy atom. The maximum absolute atomic E-state index is 12.6. The zero-order chi connectivity index (χ0) is 23.3. The molecule has 1 aliphatic rings. The minimum Gasteiger partial charge on any atom is -0.458 e. The second-order valence-corrected chi connectivity index (χ2v) is 9.83. The number of likely N-dealkylation sites (N-methyl/N-ethyl adjacent to an activating group) is 1. The van der Waals surface area contributed by atoms with E-state index >= 15 is 0 Å². The molecule has 6 nitrogen and oxygen atoms in total. The molecule has 32 heavy (non-hydrogen) atoms. The topological polar surface area (TPSA) is 64.6 Å². The third-order valence-electron chi connectivity index (χ3n) is 5.63. The van der Waals surface area contributed by atoms with E-state index in [0.29, 0.717) is 24.1 Å². The van der Waals surface area contributed by atoms with Crippen LogP contribution in [0.2, 0.25) is 0 Å². The predicted octanol–water partition coefficient (Wildman–Crippen LogP) is 4.19. The molecule has 0 saturated carbocycles. The van der Waals surface area contributed by atoms with Crippen LogP contribution in [0.5, 0.6) is 0 Å². The number of benzene rings is 2. The molecule has 0 heterocycles. The van der Waals surface area contributed by atoms with Crippen molar-refractivity contribution < 1.29 is 23.5 Å². The van der Waals surface area contributed by atoms with Crippen molar-refractivity contribution >= 4 is 12.1 Å². The molecule has 0 unspecified atom stereocenters. The van der Waals surface area contributed by atoms with Crippen LogP contribution < -0.4 is 5.32 Å². The summed E-state index contributed by atoms with van der Waals surface area (Å²) in [5.74, 6) is -0.214. The second kappa shape index (κ2) is 10.2. The van der Waals surface area contributed by atoms with Crippen molar-refractivity contribution in [2.75, 3.05) is 40.9 Å². The van der Waals surface area contributed by atoms with Gasteiger partial charge in [-0.2, -0.15) is 0 Å². The van der Waals surface area contributed by atoms with Gasteiger partial charge < -0.3 is 19.3 Å². The Kier molecular flexibility index (Phi) is 7.56. The molecular weight excluding hydrogens is 404 g/mol. The molecule has 0 aromatic heterocycles. The van der Waals surface area contributed by atoms with Crippen LogP contribution in [-0.2, 0) is 14.3 Å². The van der Waals surface area contributed by atoms with Crippen LogP contribution in [0.3, 0.4) is 0 Å². The smallest absolute Gasteiger partial charge is 0.407 e. The summed E-state index contributed by atoms with van der Waals surface area (Å²) < 4.78 is 11.7. The fraction of sp³-hybridized carbons (Fsp3) is 0.462. The molecule has 1 amide bonds. The number of hydrogen-bond donors (Lipinski definition) is 1. The minimum absolute atomic E-state index is 0.0202. The average molecular weight is 440 g/mol. The first-order chi connectivity index (χ1) is 15.2. The number of esters is 1. The Hall–Kier alpha value is -2.86. The van der Waals surface area contributed by atoms with Gasteiger partial charge >= 0.3 is 12.1 Å². The molecule has 3 rings (SSSR count). The predicted molar refractivity (Wildman–Crippen MR) is 125 cm³/mol. The Bertz CT molecular complexity index is 903. The van der Waals surface area contributed by atoms with Gasteiger partial charge in [-0.05, 0) is 34.6 Å². The number of alkyl carbamates (subject to hydrolysis) is 1. The minimum atomic E-state index is -0.724. The number of carbonyl (C=O) groups is 2. The summed E-state index contributed by atoms with van der Waals surface area (Å²) >= 11 is 0. The Morgan fingerprint density at radius 1 is 0.938 bits per heavy atom. The number of quaternary nitrogens is 1. The molecule has 0 aliphatic heterocycles. The van der Waals surface area contributed by atoms with Crippen LogP contribution in [0.1, 0.15) is 37.3 Å². The molecule has 0 spiro atoms. The van der Waals surface area contributed by atoms with E-state index in [4.69, 9.17) is 9.47 Å². The zero-order valence-electron chi connectivity index (χ0n) is 19.8. The molecule has 0 bridgehead atoms. The Balaban J connectivity index is 1.61. The lowest BCUT2D eigenvalue weighted by molar-refractivity contribution is -0.870. The largest absolute Gasteiger partial charge is 0.458 e. The highest BCUT2D eigenvalue weighted by molar-refractivity contribution is 5.82. The van der Waals surface area contributed by atoms with E-state index in [0.717, 1.165) is 11.1 Å². The van der Waals surface area contributed by atoms with Gasteiger partial charge in [0.25, 0.3) is 0 Å². The maximum Gasteiger partial charge on any atom is 0.407 e. The van der Waals surface area contributed by atoms with Gasteiger partial charge in [-0.3, -0.25) is 0 Å². The van der Waals surface area contributed by atoms with Crippen molar-refractivity contribution in [2.24, 2.45) is 5.92 Å². The van der Waals surface area contributed by atoms with Crippen molar-refractivity contribution in [3.63, 3.8) is 0 Å². The molecule has 1 aliphatic carbocycles. The standard InChI is InChI=1S/C26H34N2O4/c1-18(2)16-24(25(29)31-15-14-28(3,4)5)27-26(30)32-17-23-21-12-8-6-10-19(21)20-11-7-9-13-22(20)23/h6-13,18,23-24H,14-17H2,1-5H3/p+1/t24-/m0/s1. The van der Waals surface area contributed by atoms with Crippen LogP contribution in [0.4, 0.5) is 4.79 Å². The molecule has 1 N–H and O–H groups in total. The monoisotopic (exact) mass is 439 g/mol. The molecule has 0 radical (unpaired) electrons. The van der Waals surface area contributed by atoms with Crippen molar-refractivity contribution in [3.05, 3.63) is 59.7 Å². The molecule has 172 valence electrons. The van der Waals surface area contributed by atoms with E-state index in [1.54, 1.807) is 0 Å². The average Bonchev–Trinajstić information content (AvgIpc) is 3.04. The Morgan fingerprint density at radius 2 is 1.50 bits per heavy atom. The summed E-state index contributed by atoms with van der Waals surface area (Å²) in [5, 5.41) is 2.73. The van der Waals surface area contributed by atoms with Crippen LogP contribution in [0.15, 0.2) is 48.5 Å². The fourth-order valence-electron chi connectivity index (χ4n) is 3.99. The maximum atomic E-state index is 12.6. The van der Waals surface area contributed by atoms with E-state index in [1.165, 1.54) is 11.1 Å². The van der Waals surface area contributed by atoms with Crippen LogP contribution in [0, 0.1) is 5.92 Å². The summed E-state index contributed by atoms with van der Waals surface area (Å²) in [4.78, 5) is 25.2. The normalized spacial score (nSPS) is 13.9. The highest BCUT2D eigenvalue weighted by Crippen LogP contribution is 2.44. The highest BCUT2D eigenvalue weighted by atomic mass is 16.6. The number of carbonyl (C=O) groups excluding carboxylic acids is 2. The third-order valence-corrected chi connectivity index (χ3v) is 5.63. The van der Waals surface area contributed by atoms with Crippen molar-refractivity contribution in [3.8, 4) is 11.1 Å². The quantitative estimate of drug-likeness (QED) is 0.470. The van der Waals surface area contributed by atoms with Gasteiger partial charge in [0.15, 0.2) is 0 Å². The van der Waals surface area contributed by atoms with E-state index in [9.17, 15) is 9.59 Å². The third kappa shape index (κ3) is 6.10. The SMILES string of the molecule is CC(C)C[C@H](NC(=O)OCC1c2ccccc2-c2ccccc21)C(=O)OCC[N+](C)(C)C. The van der Waals surface area contributed by atoms with E-state index < -0.39 is 18.1 Å². The number of nitrogens with one attached hydrogen (secondary N) is 1. The first kappa shape index (κ1) is 23.8. The van der Waals surface area contributed by atoms with Crippen LogP contribution >= 0.6 is 0 Å². The highest BCUT2D eigenvalue weighted by Gasteiger charge is 2.30. The summed E-state index contributed by atoms with van der Waals surface area (Å²) in [6.07, 6.45) is -0.103. The first-order valence-electron chi connectivity index (χ1n) is 11.2. The summed E-state index contributed by atoms with van der Waals surface area (Å²) in [5.41, 5.74) is 4.66. The number of fused-ring (bicyclic) bond motifs is 3. The summed E-state index contributed by atoms with van der Waals surface area (Å²) in [6.45, 7) is 5.23. The van der Waals surface area contributed by atoms with E-state index in [1.807, 2.05) is 59.3 Å². The molecule has 2 aromatic rings. The van der Waals surface area contributed by atoms with E-state index in [2.05, 4.69) is 29.6 Å². The Labute approximate surface area is 191 Å². The number of amides is 1. The first-order valence-corrected chi connectivity index (χ1v) is 11.2. The van der Waals surface area contributed by atoms with Gasteiger partial charge in [0.1, 0.15) is 25.8 Å². The van der Waals surface area contributed by atoms with Crippen LogP contribution in [0.25, 0.3) is 11.1 Å². The van der Waals surface area contributed by atoms with Gasteiger partial charge in [-0.15, -0.1) is 0 Å². The zero-order valence-corrected chi connectivity index (χ0v) is 19.8. The number of nitrogens with zero attached hydrogens (tertiary/aromatic N) is 1. The molecule has 6 heteroatoms. The van der Waals surface area contributed by atoms with Gasteiger partial charge in [0.05, 0.1) is 21.1 Å². The van der Waals surface area contributed by atoms with Gasteiger partial charge in [0, 0.05) is 5.92 Å². The summed E-state index contributed by atoms with van der Waals surface area (Å²) in [7, 11) is 6.11. The van der Waals surface area contributed by atoms with E-state index in [-0.39, 0.29) is 18.4 Å². The molecular formula is C26H35N2O4+. The van der Waals surface area contributed by atoms with Gasteiger partial charge in [-0.1, -0.05) is 62.4 Å². The van der Waals surface area contributed by atoms with Gasteiger partial charge in [0.2, 0.25) is 0 Å².